The van der Waals surface area contributed by atoms with Gasteiger partial charge in [0.05, 0.1) is 16.9 Å². The lowest BCUT2D eigenvalue weighted by molar-refractivity contribution is 0.0697. The maximum Gasteiger partial charge on any atom is 0.257 e. The zero-order chi connectivity index (χ0) is 15.5. The highest BCUT2D eigenvalue weighted by Gasteiger charge is 2.25. The van der Waals surface area contributed by atoms with Gasteiger partial charge in [-0.15, -0.1) is 12.4 Å². The molecule has 1 aliphatic heterocycles. The Morgan fingerprint density at radius 1 is 1.30 bits per heavy atom. The fraction of sp³-hybridized carbons (Fsp3) is 0.412. The van der Waals surface area contributed by atoms with Gasteiger partial charge < -0.3 is 10.2 Å². The molecule has 0 aliphatic carbocycles. The summed E-state index contributed by atoms with van der Waals surface area (Å²) in [5, 5.41) is 7.76. The summed E-state index contributed by atoms with van der Waals surface area (Å²) >= 11 is 0. The largest absolute Gasteiger partial charge is 0.337 e. The number of piperidine rings is 1. The molecule has 1 saturated heterocycles. The molecule has 0 spiro atoms. The molecular formula is C17H23ClN4O. The molecule has 6 heteroatoms. The van der Waals surface area contributed by atoms with Crippen molar-refractivity contribution in [1.29, 1.82) is 0 Å². The fourth-order valence-electron chi connectivity index (χ4n) is 2.95. The number of halogens is 1. The zero-order valence-corrected chi connectivity index (χ0v) is 14.3. The molecule has 124 valence electrons. The molecule has 0 bridgehead atoms. The van der Waals surface area contributed by atoms with E-state index in [0.29, 0.717) is 11.6 Å². The first-order valence-electron chi connectivity index (χ1n) is 7.77. The molecular weight excluding hydrogens is 312 g/mol. The van der Waals surface area contributed by atoms with Gasteiger partial charge >= 0.3 is 0 Å². The van der Waals surface area contributed by atoms with Crippen LogP contribution in [-0.4, -0.2) is 46.8 Å². The SMILES string of the molecule is CNC1CCCN(C(=O)c2cn(-c3ccccc3)nc2C)C1.Cl. The van der Waals surface area contributed by atoms with E-state index in [4.69, 9.17) is 0 Å². The number of amides is 1. The Hall–Kier alpha value is -1.85. The van der Waals surface area contributed by atoms with Crippen molar-refractivity contribution in [2.75, 3.05) is 20.1 Å². The summed E-state index contributed by atoms with van der Waals surface area (Å²) in [6.45, 7) is 3.49. The van der Waals surface area contributed by atoms with Gasteiger partial charge in [0.2, 0.25) is 0 Å². The molecule has 1 aliphatic rings. The van der Waals surface area contributed by atoms with Crippen LogP contribution in [0.5, 0.6) is 0 Å². The average molecular weight is 335 g/mol. The molecule has 3 rings (SSSR count). The molecule has 0 saturated carbocycles. The summed E-state index contributed by atoms with van der Waals surface area (Å²) in [4.78, 5) is 14.7. The van der Waals surface area contributed by atoms with E-state index in [0.717, 1.165) is 37.3 Å². The van der Waals surface area contributed by atoms with E-state index in [9.17, 15) is 4.79 Å². The minimum absolute atomic E-state index is 0. The van der Waals surface area contributed by atoms with E-state index in [2.05, 4.69) is 10.4 Å². The first kappa shape index (κ1) is 17.5. The lowest BCUT2D eigenvalue weighted by Crippen LogP contribution is -2.47. The number of carbonyl (C=O) groups excluding carboxylic acids is 1. The zero-order valence-electron chi connectivity index (χ0n) is 13.5. The number of nitrogens with zero attached hydrogens (tertiary/aromatic N) is 3. The molecule has 5 nitrogen and oxygen atoms in total. The van der Waals surface area contributed by atoms with Crippen LogP contribution in [-0.2, 0) is 0 Å². The second kappa shape index (κ2) is 7.62. The van der Waals surface area contributed by atoms with Crippen molar-refractivity contribution in [2.45, 2.75) is 25.8 Å². The maximum atomic E-state index is 12.8. The Morgan fingerprint density at radius 3 is 2.74 bits per heavy atom. The first-order valence-corrected chi connectivity index (χ1v) is 7.77. The van der Waals surface area contributed by atoms with Crippen LogP contribution in [0.1, 0.15) is 28.9 Å². The summed E-state index contributed by atoms with van der Waals surface area (Å²) in [6.07, 6.45) is 4.02. The monoisotopic (exact) mass is 334 g/mol. The fourth-order valence-corrected chi connectivity index (χ4v) is 2.95. The highest BCUT2D eigenvalue weighted by Crippen LogP contribution is 2.17. The summed E-state index contributed by atoms with van der Waals surface area (Å²) < 4.78 is 1.78. The van der Waals surface area contributed by atoms with E-state index < -0.39 is 0 Å². The molecule has 2 heterocycles. The minimum Gasteiger partial charge on any atom is -0.337 e. The van der Waals surface area contributed by atoms with Crippen molar-refractivity contribution < 1.29 is 4.79 Å². The number of nitrogens with one attached hydrogen (secondary N) is 1. The number of aromatic nitrogens is 2. The van der Waals surface area contributed by atoms with Crippen molar-refractivity contribution in [3.63, 3.8) is 0 Å². The van der Waals surface area contributed by atoms with Gasteiger partial charge in [0.1, 0.15) is 0 Å². The van der Waals surface area contributed by atoms with E-state index in [1.165, 1.54) is 0 Å². The number of aryl methyl sites for hydroxylation is 1. The van der Waals surface area contributed by atoms with Crippen molar-refractivity contribution in [3.8, 4) is 5.69 Å². The van der Waals surface area contributed by atoms with Gasteiger partial charge in [0, 0.05) is 25.3 Å². The van der Waals surface area contributed by atoms with E-state index >= 15 is 0 Å². The minimum atomic E-state index is 0. The highest BCUT2D eigenvalue weighted by molar-refractivity contribution is 5.95. The van der Waals surface area contributed by atoms with Crippen LogP contribution in [0.2, 0.25) is 0 Å². The second-order valence-corrected chi connectivity index (χ2v) is 5.79. The van der Waals surface area contributed by atoms with Crippen LogP contribution in [0.25, 0.3) is 5.69 Å². The van der Waals surface area contributed by atoms with Gasteiger partial charge in [-0.3, -0.25) is 4.79 Å². The van der Waals surface area contributed by atoms with Crippen LogP contribution in [0.3, 0.4) is 0 Å². The molecule has 0 radical (unpaired) electrons. The van der Waals surface area contributed by atoms with Crippen LogP contribution < -0.4 is 5.32 Å². The normalized spacial score (nSPS) is 17.7. The number of hydrogen-bond donors (Lipinski definition) is 1. The number of para-hydroxylation sites is 1. The van der Waals surface area contributed by atoms with Gasteiger partial charge in [0.25, 0.3) is 5.91 Å². The Balaban J connectivity index is 0.00000192. The molecule has 1 N–H and O–H groups in total. The molecule has 23 heavy (non-hydrogen) atoms. The average Bonchev–Trinajstić information content (AvgIpc) is 2.97. The lowest BCUT2D eigenvalue weighted by atomic mass is 10.0. The smallest absolute Gasteiger partial charge is 0.257 e. The summed E-state index contributed by atoms with van der Waals surface area (Å²) in [5.74, 6) is 0.0830. The summed E-state index contributed by atoms with van der Waals surface area (Å²) in [5.41, 5.74) is 2.44. The van der Waals surface area contributed by atoms with Gasteiger partial charge in [-0.2, -0.15) is 5.10 Å². The molecule has 1 atom stereocenters. The van der Waals surface area contributed by atoms with Crippen molar-refractivity contribution >= 4 is 18.3 Å². The van der Waals surface area contributed by atoms with Crippen molar-refractivity contribution in [2.24, 2.45) is 0 Å². The van der Waals surface area contributed by atoms with Crippen molar-refractivity contribution in [1.82, 2.24) is 20.0 Å². The third kappa shape index (κ3) is 3.74. The Labute approximate surface area is 143 Å². The maximum absolute atomic E-state index is 12.8. The highest BCUT2D eigenvalue weighted by atomic mass is 35.5. The number of hydrogen-bond acceptors (Lipinski definition) is 3. The van der Waals surface area contributed by atoms with Crippen LogP contribution in [0.15, 0.2) is 36.5 Å². The van der Waals surface area contributed by atoms with Crippen LogP contribution >= 0.6 is 12.4 Å². The van der Waals surface area contributed by atoms with Crippen LogP contribution in [0, 0.1) is 6.92 Å². The molecule has 1 unspecified atom stereocenters. The molecule has 1 fully saturated rings. The van der Waals surface area contributed by atoms with Gasteiger partial charge in [-0.05, 0) is 38.9 Å². The first-order chi connectivity index (χ1) is 10.7. The van der Waals surface area contributed by atoms with Gasteiger partial charge in [0.15, 0.2) is 0 Å². The topological polar surface area (TPSA) is 50.2 Å². The Bertz CT molecular complexity index is 656. The number of likely N-dealkylation sites (tertiary alicyclic amines) is 1. The van der Waals surface area contributed by atoms with Gasteiger partial charge in [-0.25, -0.2) is 4.68 Å². The lowest BCUT2D eigenvalue weighted by Gasteiger charge is -2.32. The summed E-state index contributed by atoms with van der Waals surface area (Å²) in [6, 6.07) is 10.3. The predicted octanol–water partition coefficient (Wildman–Crippen LogP) is 2.43. The molecule has 1 aromatic carbocycles. The number of benzene rings is 1. The van der Waals surface area contributed by atoms with Crippen LogP contribution in [0.4, 0.5) is 0 Å². The Morgan fingerprint density at radius 2 is 2.04 bits per heavy atom. The van der Waals surface area contributed by atoms with E-state index in [1.807, 2.05) is 55.4 Å². The predicted molar refractivity (Wildman–Crippen MR) is 93.5 cm³/mol. The Kier molecular flexibility index (Phi) is 5.80. The molecule has 1 amide bonds. The third-order valence-electron chi connectivity index (χ3n) is 4.27. The number of carbonyl (C=O) groups is 1. The van der Waals surface area contributed by atoms with E-state index in [1.54, 1.807) is 4.68 Å². The number of likely N-dealkylation sites (N-methyl/N-ethyl adjacent to an activating group) is 1. The number of rotatable bonds is 3. The summed E-state index contributed by atoms with van der Waals surface area (Å²) in [7, 11) is 1.96. The quantitative estimate of drug-likeness (QED) is 0.938. The third-order valence-corrected chi connectivity index (χ3v) is 4.27. The second-order valence-electron chi connectivity index (χ2n) is 5.79. The van der Waals surface area contributed by atoms with Crippen molar-refractivity contribution in [3.05, 3.63) is 47.8 Å². The molecule has 1 aromatic heterocycles. The van der Waals surface area contributed by atoms with E-state index in [-0.39, 0.29) is 18.3 Å². The van der Waals surface area contributed by atoms with Gasteiger partial charge in [-0.1, -0.05) is 18.2 Å². The molecule has 2 aromatic rings. The standard InChI is InChI=1S/C17H22N4O.ClH/c1-13-16(12-21(19-13)15-8-4-3-5-9-15)17(22)20-10-6-7-14(11-20)18-2;/h3-5,8-9,12,14,18H,6-7,10-11H2,1-2H3;1H.